The van der Waals surface area contributed by atoms with E-state index in [1.165, 1.54) is 11.1 Å². The van der Waals surface area contributed by atoms with Crippen molar-refractivity contribution in [2.45, 2.75) is 19.4 Å². The highest BCUT2D eigenvalue weighted by atomic mass is 35.5. The van der Waals surface area contributed by atoms with Crippen molar-refractivity contribution in [1.29, 1.82) is 0 Å². The first-order chi connectivity index (χ1) is 10.2. The van der Waals surface area contributed by atoms with Gasteiger partial charge in [0.15, 0.2) is 0 Å². The van der Waals surface area contributed by atoms with Crippen LogP contribution >= 0.6 is 24.8 Å². The highest BCUT2D eigenvalue weighted by molar-refractivity contribution is 5.94. The lowest BCUT2D eigenvalue weighted by Crippen LogP contribution is -2.38. The molecule has 2 aromatic rings. The maximum absolute atomic E-state index is 12.2. The van der Waals surface area contributed by atoms with Crippen LogP contribution in [0.25, 0.3) is 0 Å². The molecule has 1 aromatic carbocycles. The van der Waals surface area contributed by atoms with E-state index in [0.717, 1.165) is 18.5 Å². The Labute approximate surface area is 148 Å². The van der Waals surface area contributed by atoms with E-state index in [9.17, 15) is 4.79 Å². The molecular weight excluding hydrogens is 333 g/mol. The van der Waals surface area contributed by atoms with Gasteiger partial charge in [-0.1, -0.05) is 24.3 Å². The van der Waals surface area contributed by atoms with Crippen molar-refractivity contribution in [3.05, 3.63) is 65.0 Å². The summed E-state index contributed by atoms with van der Waals surface area (Å²) in [6.45, 7) is 3.47. The van der Waals surface area contributed by atoms with Gasteiger partial charge in [0.25, 0.3) is 5.91 Å². The fourth-order valence-electron chi connectivity index (χ4n) is 2.75. The summed E-state index contributed by atoms with van der Waals surface area (Å²) in [6, 6.07) is 10.4. The molecule has 0 saturated heterocycles. The van der Waals surface area contributed by atoms with Crippen molar-refractivity contribution >= 4 is 30.7 Å². The Bertz CT molecular complexity index is 664. The number of aromatic nitrogens is 1. The van der Waals surface area contributed by atoms with Crippen LogP contribution in [0.3, 0.4) is 0 Å². The summed E-state index contributed by atoms with van der Waals surface area (Å²) in [4.78, 5) is 16.2. The van der Waals surface area contributed by atoms with E-state index in [4.69, 9.17) is 0 Å². The number of aryl methyl sites for hydroxylation is 1. The molecule has 1 aliphatic rings. The zero-order chi connectivity index (χ0) is 14.7. The lowest BCUT2D eigenvalue weighted by atomic mass is 9.94. The molecule has 3 rings (SSSR count). The second-order valence-electron chi connectivity index (χ2n) is 5.42. The van der Waals surface area contributed by atoms with Gasteiger partial charge in [-0.3, -0.25) is 9.78 Å². The summed E-state index contributed by atoms with van der Waals surface area (Å²) in [7, 11) is 0. The van der Waals surface area contributed by atoms with E-state index in [-0.39, 0.29) is 36.8 Å². The van der Waals surface area contributed by atoms with Crippen molar-refractivity contribution in [1.82, 2.24) is 15.6 Å². The fraction of sp³-hybridized carbons (Fsp3) is 0.294. The van der Waals surface area contributed by atoms with Gasteiger partial charge in [-0.2, -0.15) is 0 Å². The van der Waals surface area contributed by atoms with Crippen molar-refractivity contribution in [3.8, 4) is 0 Å². The zero-order valence-electron chi connectivity index (χ0n) is 12.9. The van der Waals surface area contributed by atoms with E-state index in [1.54, 1.807) is 12.4 Å². The summed E-state index contributed by atoms with van der Waals surface area (Å²) >= 11 is 0. The van der Waals surface area contributed by atoms with Crippen LogP contribution in [0.2, 0.25) is 0 Å². The number of fused-ring (bicyclic) bond motifs is 1. The monoisotopic (exact) mass is 353 g/mol. The molecule has 2 N–H and O–H groups in total. The van der Waals surface area contributed by atoms with Gasteiger partial charge < -0.3 is 10.6 Å². The summed E-state index contributed by atoms with van der Waals surface area (Å²) < 4.78 is 0. The normalized spacial score (nSPS) is 15.6. The molecule has 1 aromatic heterocycles. The molecule has 1 atom stereocenters. The SMILES string of the molecule is Cc1cncc(C(=O)NCC2NCCc3ccccc32)c1.Cl.Cl. The number of carbonyl (C=O) groups excluding carboxylic acids is 1. The molecule has 1 amide bonds. The Kier molecular flexibility index (Phi) is 7.49. The summed E-state index contributed by atoms with van der Waals surface area (Å²) in [6.07, 6.45) is 4.39. The third kappa shape index (κ3) is 4.67. The van der Waals surface area contributed by atoms with Gasteiger partial charge >= 0.3 is 0 Å². The minimum atomic E-state index is -0.0731. The minimum absolute atomic E-state index is 0. The number of nitrogens with one attached hydrogen (secondary N) is 2. The third-order valence-electron chi connectivity index (χ3n) is 3.82. The van der Waals surface area contributed by atoms with Crippen molar-refractivity contribution in [2.24, 2.45) is 0 Å². The number of pyridine rings is 1. The van der Waals surface area contributed by atoms with Crippen LogP contribution in [0, 0.1) is 6.92 Å². The second kappa shape index (κ2) is 8.87. The van der Waals surface area contributed by atoms with Crippen LogP contribution in [0.4, 0.5) is 0 Å². The Morgan fingerprint density at radius 2 is 2.09 bits per heavy atom. The number of hydrogen-bond donors (Lipinski definition) is 2. The van der Waals surface area contributed by atoms with E-state index >= 15 is 0 Å². The molecule has 2 heterocycles. The van der Waals surface area contributed by atoms with Crippen molar-refractivity contribution in [3.63, 3.8) is 0 Å². The number of nitrogens with zero attached hydrogens (tertiary/aromatic N) is 1. The average molecular weight is 354 g/mol. The molecular formula is C17H21Cl2N3O. The fourth-order valence-corrected chi connectivity index (χ4v) is 2.75. The number of halogens is 2. The van der Waals surface area contributed by atoms with E-state index < -0.39 is 0 Å². The minimum Gasteiger partial charge on any atom is -0.350 e. The maximum atomic E-state index is 12.2. The number of benzene rings is 1. The zero-order valence-corrected chi connectivity index (χ0v) is 14.5. The Morgan fingerprint density at radius 1 is 1.30 bits per heavy atom. The van der Waals surface area contributed by atoms with E-state index in [1.807, 2.05) is 19.1 Å². The smallest absolute Gasteiger partial charge is 0.252 e. The van der Waals surface area contributed by atoms with Crippen LogP contribution in [-0.2, 0) is 6.42 Å². The topological polar surface area (TPSA) is 54.0 Å². The van der Waals surface area contributed by atoms with Crippen molar-refractivity contribution in [2.75, 3.05) is 13.1 Å². The molecule has 0 spiro atoms. The summed E-state index contributed by atoms with van der Waals surface area (Å²) in [5, 5.41) is 6.46. The number of hydrogen-bond acceptors (Lipinski definition) is 3. The predicted octanol–water partition coefficient (Wildman–Crippen LogP) is 2.85. The molecule has 0 saturated carbocycles. The lowest BCUT2D eigenvalue weighted by Gasteiger charge is -2.27. The number of amides is 1. The average Bonchev–Trinajstić information content (AvgIpc) is 2.52. The predicted molar refractivity (Wildman–Crippen MR) is 96.7 cm³/mol. The highest BCUT2D eigenvalue weighted by Gasteiger charge is 2.19. The van der Waals surface area contributed by atoms with Crippen LogP contribution in [0.1, 0.15) is 33.1 Å². The Morgan fingerprint density at radius 3 is 2.87 bits per heavy atom. The lowest BCUT2D eigenvalue weighted by molar-refractivity contribution is 0.0948. The first kappa shape index (κ1) is 19.4. The van der Waals surface area contributed by atoms with Crippen molar-refractivity contribution < 1.29 is 4.79 Å². The largest absolute Gasteiger partial charge is 0.350 e. The van der Waals surface area contributed by atoms with E-state index in [2.05, 4.69) is 33.8 Å². The van der Waals surface area contributed by atoms with Gasteiger partial charge in [0.2, 0.25) is 0 Å². The van der Waals surface area contributed by atoms with Gasteiger partial charge in [0, 0.05) is 25.0 Å². The maximum Gasteiger partial charge on any atom is 0.252 e. The van der Waals surface area contributed by atoms with Gasteiger partial charge in [-0.15, -0.1) is 24.8 Å². The van der Waals surface area contributed by atoms with Crippen LogP contribution in [-0.4, -0.2) is 24.0 Å². The highest BCUT2D eigenvalue weighted by Crippen LogP contribution is 2.21. The molecule has 0 bridgehead atoms. The standard InChI is InChI=1S/C17H19N3O.2ClH/c1-12-8-14(10-18-9-12)17(21)20-11-16-15-5-3-2-4-13(15)6-7-19-16;;/h2-5,8-10,16,19H,6-7,11H2,1H3,(H,20,21);2*1H. The third-order valence-corrected chi connectivity index (χ3v) is 3.82. The van der Waals surface area contributed by atoms with Crippen LogP contribution in [0.15, 0.2) is 42.7 Å². The van der Waals surface area contributed by atoms with Gasteiger partial charge in [0.05, 0.1) is 5.56 Å². The Balaban J connectivity index is 0.00000132. The first-order valence-corrected chi connectivity index (χ1v) is 7.25. The summed E-state index contributed by atoms with van der Waals surface area (Å²) in [5.41, 5.74) is 4.25. The molecule has 0 fully saturated rings. The molecule has 124 valence electrons. The molecule has 1 unspecified atom stereocenters. The Hall–Kier alpha value is -1.62. The second-order valence-corrected chi connectivity index (χ2v) is 5.42. The van der Waals surface area contributed by atoms with Crippen LogP contribution in [0.5, 0.6) is 0 Å². The number of carbonyl (C=O) groups is 1. The number of rotatable bonds is 3. The quantitative estimate of drug-likeness (QED) is 0.891. The molecule has 0 radical (unpaired) electrons. The van der Waals surface area contributed by atoms with Crippen LogP contribution < -0.4 is 10.6 Å². The van der Waals surface area contributed by atoms with Gasteiger partial charge in [-0.05, 0) is 42.6 Å². The van der Waals surface area contributed by atoms with Gasteiger partial charge in [0.1, 0.15) is 0 Å². The molecule has 6 heteroatoms. The molecule has 0 aliphatic carbocycles. The molecule has 23 heavy (non-hydrogen) atoms. The summed E-state index contributed by atoms with van der Waals surface area (Å²) in [5.74, 6) is -0.0731. The first-order valence-electron chi connectivity index (χ1n) is 7.25. The van der Waals surface area contributed by atoms with Gasteiger partial charge in [-0.25, -0.2) is 0 Å². The molecule has 1 aliphatic heterocycles. The molecule has 4 nitrogen and oxygen atoms in total. The van der Waals surface area contributed by atoms with E-state index in [0.29, 0.717) is 12.1 Å².